The molecule has 4 fully saturated rings. The number of hydrogen-bond acceptors (Lipinski definition) is 5. The molecule has 9 atom stereocenters. The van der Waals surface area contributed by atoms with Gasteiger partial charge in [0, 0.05) is 13.0 Å². The largest absolute Gasteiger partial charge is 0.481 e. The molecule has 4 rings (SSSR count). The molecule has 0 amide bonds. The molecule has 200 valence electrons. The Balaban J connectivity index is 1.51. The Morgan fingerprint density at radius 2 is 1.83 bits per heavy atom. The molecule has 2 N–H and O–H groups in total. The molecule has 4 saturated carbocycles. The molecule has 0 aromatic rings. The fourth-order valence-electron chi connectivity index (χ4n) is 9.11. The third kappa shape index (κ3) is 5.30. The minimum absolute atomic E-state index is 0.0945. The fraction of sp³-hybridized carbons (Fsp3) is 0.931. The van der Waals surface area contributed by atoms with Crippen LogP contribution >= 0.6 is 0 Å². The molecule has 4 unspecified atom stereocenters. The summed E-state index contributed by atoms with van der Waals surface area (Å²) in [7, 11) is 0. The van der Waals surface area contributed by atoms with Gasteiger partial charge >= 0.3 is 11.9 Å². The van der Waals surface area contributed by atoms with Crippen LogP contribution in [0.4, 0.5) is 0 Å². The number of esters is 1. The zero-order valence-corrected chi connectivity index (χ0v) is 22.7. The zero-order valence-electron chi connectivity index (χ0n) is 22.7. The summed E-state index contributed by atoms with van der Waals surface area (Å²) in [6.07, 6.45) is 10.1. The van der Waals surface area contributed by atoms with Gasteiger partial charge in [-0.1, -0.05) is 27.7 Å². The van der Waals surface area contributed by atoms with Gasteiger partial charge in [-0.15, -0.1) is 0 Å². The van der Waals surface area contributed by atoms with Crippen molar-refractivity contribution in [3.63, 3.8) is 0 Å². The predicted octanol–water partition coefficient (Wildman–Crippen LogP) is 5.29. The first-order chi connectivity index (χ1) is 16.6. The van der Waals surface area contributed by atoms with E-state index in [-0.39, 0.29) is 28.8 Å². The van der Waals surface area contributed by atoms with E-state index in [4.69, 9.17) is 9.47 Å². The van der Waals surface area contributed by atoms with E-state index < -0.39 is 5.97 Å². The number of carboxylic acid groups (broad SMARTS) is 1. The third-order valence-corrected chi connectivity index (χ3v) is 10.7. The quantitative estimate of drug-likeness (QED) is 0.337. The van der Waals surface area contributed by atoms with Crippen molar-refractivity contribution >= 4 is 11.9 Å². The molecule has 0 saturated heterocycles. The highest BCUT2D eigenvalue weighted by molar-refractivity contribution is 5.71. The second-order valence-electron chi connectivity index (χ2n) is 13.1. The number of carbonyl (C=O) groups is 2. The van der Waals surface area contributed by atoms with E-state index in [2.05, 4.69) is 33.0 Å². The van der Waals surface area contributed by atoms with Gasteiger partial charge in [0.1, 0.15) is 6.61 Å². The first-order valence-corrected chi connectivity index (χ1v) is 14.3. The summed E-state index contributed by atoms with van der Waals surface area (Å²) in [6, 6.07) is 0.397. The molecule has 35 heavy (non-hydrogen) atoms. The van der Waals surface area contributed by atoms with Crippen LogP contribution in [0.15, 0.2) is 0 Å². The first-order valence-electron chi connectivity index (χ1n) is 14.3. The molecule has 4 aliphatic carbocycles. The van der Waals surface area contributed by atoms with Gasteiger partial charge in [0.15, 0.2) is 0 Å². The molecule has 0 spiro atoms. The first kappa shape index (κ1) is 26.9. The lowest BCUT2D eigenvalue weighted by molar-refractivity contribution is -0.162. The fourth-order valence-corrected chi connectivity index (χ4v) is 9.11. The van der Waals surface area contributed by atoms with E-state index in [1.165, 1.54) is 26.2 Å². The van der Waals surface area contributed by atoms with Crippen molar-refractivity contribution in [1.29, 1.82) is 0 Å². The van der Waals surface area contributed by atoms with Crippen molar-refractivity contribution in [2.24, 2.45) is 46.3 Å². The molecular formula is C29H49NO5. The summed E-state index contributed by atoms with van der Waals surface area (Å²) in [5.74, 6) is 2.05. The Bertz CT molecular complexity index is 770. The average molecular weight is 492 g/mol. The van der Waals surface area contributed by atoms with E-state index in [1.54, 1.807) is 0 Å². The maximum absolute atomic E-state index is 12.2. The second kappa shape index (κ2) is 10.7. The third-order valence-electron chi connectivity index (χ3n) is 10.7. The summed E-state index contributed by atoms with van der Waals surface area (Å²) in [6.45, 7) is 12.7. The molecule has 0 aromatic heterocycles. The Morgan fingerprint density at radius 1 is 1.06 bits per heavy atom. The summed E-state index contributed by atoms with van der Waals surface area (Å²) in [5, 5.41) is 14.1. The average Bonchev–Trinajstić information content (AvgIpc) is 3.13. The van der Waals surface area contributed by atoms with Gasteiger partial charge in [0.2, 0.25) is 0 Å². The monoisotopic (exact) mass is 491 g/mol. The van der Waals surface area contributed by atoms with Gasteiger partial charge in [0.25, 0.3) is 0 Å². The van der Waals surface area contributed by atoms with Crippen LogP contribution in [0.5, 0.6) is 0 Å². The smallest absolute Gasteiger partial charge is 0.307 e. The van der Waals surface area contributed by atoms with Crippen molar-refractivity contribution in [3.8, 4) is 0 Å². The minimum Gasteiger partial charge on any atom is -0.481 e. The molecule has 0 aromatic carbocycles. The van der Waals surface area contributed by atoms with E-state index in [0.717, 1.165) is 45.1 Å². The number of fused-ring (bicyclic) bond motifs is 5. The number of ether oxygens (including phenoxy) is 2. The molecule has 0 aliphatic heterocycles. The Hall–Kier alpha value is -1.14. The number of aliphatic carboxylic acids is 1. The highest BCUT2D eigenvalue weighted by atomic mass is 16.6. The second-order valence-corrected chi connectivity index (χ2v) is 13.1. The number of carboxylic acids is 1. The summed E-state index contributed by atoms with van der Waals surface area (Å²) >= 11 is 0. The van der Waals surface area contributed by atoms with Gasteiger partial charge in [0.05, 0.1) is 18.6 Å². The van der Waals surface area contributed by atoms with Crippen LogP contribution in [-0.2, 0) is 19.1 Å². The van der Waals surface area contributed by atoms with Gasteiger partial charge in [-0.25, -0.2) is 0 Å². The molecule has 0 radical (unpaired) electrons. The maximum Gasteiger partial charge on any atom is 0.307 e. The van der Waals surface area contributed by atoms with Crippen LogP contribution in [0.25, 0.3) is 0 Å². The zero-order chi connectivity index (χ0) is 25.4. The predicted molar refractivity (Wildman–Crippen MR) is 136 cm³/mol. The van der Waals surface area contributed by atoms with E-state index in [9.17, 15) is 14.7 Å². The highest BCUT2D eigenvalue weighted by Crippen LogP contribution is 2.67. The lowest BCUT2D eigenvalue weighted by Gasteiger charge is -2.63. The van der Waals surface area contributed by atoms with Crippen LogP contribution in [0, 0.1) is 46.3 Å². The van der Waals surface area contributed by atoms with Gasteiger partial charge in [-0.3, -0.25) is 9.59 Å². The van der Waals surface area contributed by atoms with Crippen LogP contribution in [-0.4, -0.2) is 48.9 Å². The van der Waals surface area contributed by atoms with E-state index >= 15 is 0 Å². The van der Waals surface area contributed by atoms with Crippen molar-refractivity contribution in [3.05, 3.63) is 0 Å². The molecule has 6 nitrogen and oxygen atoms in total. The van der Waals surface area contributed by atoms with Crippen molar-refractivity contribution in [1.82, 2.24) is 5.32 Å². The molecule has 0 heterocycles. The van der Waals surface area contributed by atoms with Crippen LogP contribution in [0.3, 0.4) is 0 Å². The lowest BCUT2D eigenvalue weighted by atomic mass is 9.43. The van der Waals surface area contributed by atoms with Gasteiger partial charge in [-0.2, -0.15) is 0 Å². The molecule has 6 heteroatoms. The van der Waals surface area contributed by atoms with Crippen molar-refractivity contribution < 1.29 is 24.2 Å². The molecule has 0 bridgehead atoms. The number of hydrogen-bond donors (Lipinski definition) is 2. The van der Waals surface area contributed by atoms with Gasteiger partial charge in [-0.05, 0) is 105 Å². The Morgan fingerprint density at radius 3 is 2.51 bits per heavy atom. The normalized spacial score (nSPS) is 42.7. The van der Waals surface area contributed by atoms with Crippen LogP contribution in [0.1, 0.15) is 92.4 Å². The Kier molecular flexibility index (Phi) is 8.22. The van der Waals surface area contributed by atoms with Crippen LogP contribution < -0.4 is 5.32 Å². The topological polar surface area (TPSA) is 84.9 Å². The van der Waals surface area contributed by atoms with Crippen LogP contribution in [0.2, 0.25) is 0 Å². The van der Waals surface area contributed by atoms with Crippen molar-refractivity contribution in [2.75, 3.05) is 19.8 Å². The Labute approximate surface area is 212 Å². The maximum atomic E-state index is 12.2. The number of rotatable bonds is 9. The van der Waals surface area contributed by atoms with Gasteiger partial charge < -0.3 is 19.9 Å². The highest BCUT2D eigenvalue weighted by Gasteiger charge is 2.64. The summed E-state index contributed by atoms with van der Waals surface area (Å²) < 4.78 is 11.2. The summed E-state index contributed by atoms with van der Waals surface area (Å²) in [5.41, 5.74) is 0.180. The van der Waals surface area contributed by atoms with E-state index in [0.29, 0.717) is 48.8 Å². The summed E-state index contributed by atoms with van der Waals surface area (Å²) in [4.78, 5) is 23.3. The molecular weight excluding hydrogens is 442 g/mol. The molecule has 4 aliphatic rings. The minimum atomic E-state index is -0.583. The SMILES string of the molecule is CC(=O)OCCOC1CC[C@@]2(C)C(CC[C@@H]3[C@H]2C(NCCC(C)C)C[C@]2(C)C(C(=O)O)CC[C@@H]32)C1. The number of carbonyl (C=O) groups excluding carboxylic acids is 1. The van der Waals surface area contributed by atoms with E-state index in [1.807, 2.05) is 0 Å². The number of nitrogens with one attached hydrogen (secondary N) is 1. The lowest BCUT2D eigenvalue weighted by Crippen LogP contribution is -2.62. The standard InChI is InChI=1S/C29H49NO5/c1-18(2)11-13-30-25-17-29(5)23(8-9-24(29)27(32)33)22-7-6-20-16-21(35-15-14-34-19(3)31)10-12-28(20,4)26(22)25/h18,20-26,30H,6-17H2,1-5H3,(H,32,33)/t20?,21?,22-,23-,24?,25?,26-,28-,29-/m0/s1. The van der Waals surface area contributed by atoms with Crippen molar-refractivity contribution in [2.45, 2.75) is 105 Å².